The molecule has 1 fully saturated rings. The molecule has 2 rings (SSSR count). The maximum absolute atomic E-state index is 6.22. The monoisotopic (exact) mass is 209 g/mol. The van der Waals surface area contributed by atoms with Crippen LogP contribution >= 0.6 is 11.6 Å². The Morgan fingerprint density at radius 1 is 1.36 bits per heavy atom. The Bertz CT molecular complexity index is 307. The lowest BCUT2D eigenvalue weighted by atomic mass is 9.91. The van der Waals surface area contributed by atoms with Crippen molar-refractivity contribution in [1.29, 1.82) is 0 Å². The lowest BCUT2D eigenvalue weighted by molar-refractivity contribution is 0.536. The van der Waals surface area contributed by atoms with Gasteiger partial charge in [-0.15, -0.1) is 11.6 Å². The molecule has 76 valence electrons. The molecule has 1 aliphatic rings. The molecule has 1 saturated carbocycles. The zero-order valence-corrected chi connectivity index (χ0v) is 9.46. The normalized spacial score (nSPS) is 32.1. The van der Waals surface area contributed by atoms with Crippen LogP contribution in [0, 0.1) is 12.8 Å². The van der Waals surface area contributed by atoms with Crippen molar-refractivity contribution >= 4 is 11.6 Å². The average Bonchev–Trinajstić information content (AvgIpc) is 2.50. The minimum Gasteiger partial charge on any atom is -0.261 e. The van der Waals surface area contributed by atoms with Gasteiger partial charge in [0.1, 0.15) is 0 Å². The Kier molecular flexibility index (Phi) is 2.78. The van der Waals surface area contributed by atoms with Crippen LogP contribution in [0.2, 0.25) is 0 Å². The Hall–Kier alpha value is -0.560. The van der Waals surface area contributed by atoms with E-state index in [1.807, 2.05) is 13.1 Å². The van der Waals surface area contributed by atoms with Crippen LogP contribution in [0.15, 0.2) is 18.3 Å². The van der Waals surface area contributed by atoms with Crippen molar-refractivity contribution < 1.29 is 0 Å². The Morgan fingerprint density at radius 3 is 2.64 bits per heavy atom. The van der Waals surface area contributed by atoms with E-state index in [-0.39, 0.29) is 0 Å². The molecule has 0 N–H and O–H groups in total. The van der Waals surface area contributed by atoms with Crippen molar-refractivity contribution in [2.75, 3.05) is 0 Å². The third-order valence-electron chi connectivity index (χ3n) is 3.32. The first-order valence-electron chi connectivity index (χ1n) is 5.25. The Morgan fingerprint density at radius 2 is 2.14 bits per heavy atom. The van der Waals surface area contributed by atoms with Crippen LogP contribution in [0.1, 0.15) is 36.9 Å². The number of hydrogen-bond acceptors (Lipinski definition) is 1. The Balaban J connectivity index is 2.19. The second-order valence-electron chi connectivity index (χ2n) is 4.29. The number of hydrogen-bond donors (Lipinski definition) is 0. The zero-order valence-electron chi connectivity index (χ0n) is 8.70. The van der Waals surface area contributed by atoms with Crippen LogP contribution in [0.5, 0.6) is 0 Å². The molecule has 1 aromatic heterocycles. The molecule has 0 amide bonds. The first-order chi connectivity index (χ1) is 6.68. The summed E-state index contributed by atoms with van der Waals surface area (Å²) in [7, 11) is 0. The van der Waals surface area contributed by atoms with Gasteiger partial charge in [0.05, 0.1) is 0 Å². The highest BCUT2D eigenvalue weighted by Gasteiger charge is 2.32. The molecule has 0 bridgehead atoms. The third kappa shape index (κ3) is 1.78. The van der Waals surface area contributed by atoms with E-state index in [1.54, 1.807) is 0 Å². The van der Waals surface area contributed by atoms with Gasteiger partial charge in [-0.05, 0) is 43.2 Å². The van der Waals surface area contributed by atoms with Crippen molar-refractivity contribution in [1.82, 2.24) is 4.98 Å². The van der Waals surface area contributed by atoms with Crippen LogP contribution < -0.4 is 0 Å². The summed E-state index contributed by atoms with van der Waals surface area (Å²) in [5.74, 6) is 1.20. The van der Waals surface area contributed by atoms with E-state index in [2.05, 4.69) is 24.0 Å². The fraction of sp³-hybridized carbons (Fsp3) is 0.583. The predicted molar refractivity (Wildman–Crippen MR) is 59.8 cm³/mol. The summed E-state index contributed by atoms with van der Waals surface area (Å²) in [6.45, 7) is 4.27. The fourth-order valence-electron chi connectivity index (χ4n) is 2.29. The van der Waals surface area contributed by atoms with Gasteiger partial charge < -0.3 is 0 Å². The number of aryl methyl sites for hydroxylation is 1. The van der Waals surface area contributed by atoms with E-state index in [9.17, 15) is 0 Å². The molecule has 0 aromatic carbocycles. The smallest absolute Gasteiger partial charge is 0.0372 e. The number of rotatable bonds is 1. The van der Waals surface area contributed by atoms with Gasteiger partial charge >= 0.3 is 0 Å². The van der Waals surface area contributed by atoms with Crippen molar-refractivity contribution in [3.63, 3.8) is 0 Å². The van der Waals surface area contributed by atoms with Crippen LogP contribution in [-0.4, -0.2) is 10.4 Å². The van der Waals surface area contributed by atoms with E-state index in [0.717, 1.165) is 12.1 Å². The lowest BCUT2D eigenvalue weighted by Gasteiger charge is -2.17. The number of alkyl halides is 1. The van der Waals surface area contributed by atoms with Gasteiger partial charge in [-0.3, -0.25) is 4.98 Å². The molecule has 1 nitrogen and oxygen atoms in total. The summed E-state index contributed by atoms with van der Waals surface area (Å²) in [5.41, 5.74) is 2.44. The van der Waals surface area contributed by atoms with Crippen LogP contribution in [-0.2, 0) is 0 Å². The van der Waals surface area contributed by atoms with Gasteiger partial charge in [0.25, 0.3) is 0 Å². The SMILES string of the molecule is Cc1ccc(C2CCC(Cl)C2C)cn1. The molecule has 2 heteroatoms. The fourth-order valence-corrected chi connectivity index (χ4v) is 2.59. The van der Waals surface area contributed by atoms with Gasteiger partial charge in [-0.2, -0.15) is 0 Å². The summed E-state index contributed by atoms with van der Waals surface area (Å²) in [6.07, 6.45) is 4.35. The van der Waals surface area contributed by atoms with Gasteiger partial charge in [-0.1, -0.05) is 13.0 Å². The number of nitrogens with zero attached hydrogens (tertiary/aromatic N) is 1. The minimum absolute atomic E-state index is 0.348. The largest absolute Gasteiger partial charge is 0.261 e. The molecule has 3 unspecified atom stereocenters. The third-order valence-corrected chi connectivity index (χ3v) is 3.94. The topological polar surface area (TPSA) is 12.9 Å². The average molecular weight is 210 g/mol. The second-order valence-corrected chi connectivity index (χ2v) is 4.85. The molecule has 0 aliphatic heterocycles. The van der Waals surface area contributed by atoms with Gasteiger partial charge in [0.2, 0.25) is 0 Å². The molecule has 14 heavy (non-hydrogen) atoms. The zero-order chi connectivity index (χ0) is 10.1. The summed E-state index contributed by atoms with van der Waals surface area (Å²) >= 11 is 6.22. The van der Waals surface area contributed by atoms with E-state index in [1.165, 1.54) is 12.0 Å². The summed E-state index contributed by atoms with van der Waals surface area (Å²) in [5, 5.41) is 0.348. The number of aromatic nitrogens is 1. The molecular formula is C12H16ClN. The van der Waals surface area contributed by atoms with Crippen molar-refractivity contribution in [2.24, 2.45) is 5.92 Å². The molecule has 0 spiro atoms. The maximum Gasteiger partial charge on any atom is 0.0372 e. The lowest BCUT2D eigenvalue weighted by Crippen LogP contribution is -2.09. The number of pyridine rings is 1. The summed E-state index contributed by atoms with van der Waals surface area (Å²) < 4.78 is 0. The van der Waals surface area contributed by atoms with E-state index >= 15 is 0 Å². The number of halogens is 1. The summed E-state index contributed by atoms with van der Waals surface area (Å²) in [4.78, 5) is 4.34. The second kappa shape index (κ2) is 3.90. The van der Waals surface area contributed by atoms with Crippen molar-refractivity contribution in [3.8, 4) is 0 Å². The molecule has 1 aromatic rings. The Labute approximate surface area is 90.5 Å². The molecule has 3 atom stereocenters. The molecule has 0 saturated heterocycles. The predicted octanol–water partition coefficient (Wildman–Crippen LogP) is 3.51. The first kappa shape index (κ1) is 9.97. The van der Waals surface area contributed by atoms with E-state index < -0.39 is 0 Å². The van der Waals surface area contributed by atoms with Gasteiger partial charge in [0, 0.05) is 17.3 Å². The van der Waals surface area contributed by atoms with Crippen molar-refractivity contribution in [2.45, 2.75) is 38.0 Å². The van der Waals surface area contributed by atoms with Gasteiger partial charge in [0.15, 0.2) is 0 Å². The molecule has 1 aliphatic carbocycles. The highest BCUT2D eigenvalue weighted by Crippen LogP contribution is 2.41. The van der Waals surface area contributed by atoms with Crippen LogP contribution in [0.25, 0.3) is 0 Å². The minimum atomic E-state index is 0.348. The standard InChI is InChI=1S/C12H16ClN/c1-8-3-4-10(7-14-8)11-5-6-12(13)9(11)2/h3-4,7,9,11-12H,5-6H2,1-2H3. The van der Waals surface area contributed by atoms with Crippen molar-refractivity contribution in [3.05, 3.63) is 29.6 Å². The first-order valence-corrected chi connectivity index (χ1v) is 5.69. The highest BCUT2D eigenvalue weighted by atomic mass is 35.5. The molecule has 1 heterocycles. The van der Waals surface area contributed by atoms with E-state index in [4.69, 9.17) is 11.6 Å². The van der Waals surface area contributed by atoms with E-state index in [0.29, 0.717) is 17.2 Å². The molecule has 0 radical (unpaired) electrons. The maximum atomic E-state index is 6.22. The molecular weight excluding hydrogens is 194 g/mol. The highest BCUT2D eigenvalue weighted by molar-refractivity contribution is 6.21. The summed E-state index contributed by atoms with van der Waals surface area (Å²) in [6, 6.07) is 4.28. The van der Waals surface area contributed by atoms with Crippen LogP contribution in [0.3, 0.4) is 0 Å². The quantitative estimate of drug-likeness (QED) is 0.645. The van der Waals surface area contributed by atoms with Crippen LogP contribution in [0.4, 0.5) is 0 Å². The van der Waals surface area contributed by atoms with Gasteiger partial charge in [-0.25, -0.2) is 0 Å².